The van der Waals surface area contributed by atoms with Crippen LogP contribution in [-0.4, -0.2) is 44.0 Å². The highest BCUT2D eigenvalue weighted by atomic mass is 16.5. The second-order valence-corrected chi connectivity index (χ2v) is 7.30. The van der Waals surface area contributed by atoms with E-state index >= 15 is 0 Å². The van der Waals surface area contributed by atoms with Crippen molar-refractivity contribution in [3.05, 3.63) is 59.3 Å². The van der Waals surface area contributed by atoms with E-state index in [1.54, 1.807) is 12.4 Å². The van der Waals surface area contributed by atoms with E-state index in [0.29, 0.717) is 12.2 Å². The molecule has 0 N–H and O–H groups in total. The molecule has 1 aliphatic rings. The molecule has 7 nitrogen and oxygen atoms in total. The first-order valence-corrected chi connectivity index (χ1v) is 9.50. The molecule has 0 aliphatic carbocycles. The number of pyridine rings is 1. The summed E-state index contributed by atoms with van der Waals surface area (Å²) in [7, 11) is 0. The van der Waals surface area contributed by atoms with Crippen molar-refractivity contribution in [2.24, 2.45) is 0 Å². The molecule has 0 bridgehead atoms. The van der Waals surface area contributed by atoms with Gasteiger partial charge in [0.05, 0.1) is 17.6 Å². The van der Waals surface area contributed by atoms with Gasteiger partial charge in [-0.1, -0.05) is 11.2 Å². The molecule has 0 spiro atoms. The fourth-order valence-electron chi connectivity index (χ4n) is 3.76. The van der Waals surface area contributed by atoms with Crippen molar-refractivity contribution in [1.82, 2.24) is 25.0 Å². The van der Waals surface area contributed by atoms with Crippen LogP contribution in [-0.2, 0) is 0 Å². The van der Waals surface area contributed by atoms with Crippen LogP contribution in [0.25, 0.3) is 11.1 Å². The maximum absolute atomic E-state index is 12.8. The number of hydrogen-bond donors (Lipinski definition) is 0. The van der Waals surface area contributed by atoms with Crippen molar-refractivity contribution < 1.29 is 9.32 Å². The number of amides is 1. The standard InChI is InChI=1S/C21H23N5O2/c1-13-9-23-19(11-22-13)21(27)26-8-4-5-17(12-26)18-7-6-16(10-24-18)20-14(2)25-28-15(20)3/h6-7,9-11,17H,4-5,8,12H2,1-3H3. The maximum Gasteiger partial charge on any atom is 0.274 e. The number of hydrogen-bond acceptors (Lipinski definition) is 6. The highest BCUT2D eigenvalue weighted by Crippen LogP contribution is 2.30. The Labute approximate surface area is 163 Å². The summed E-state index contributed by atoms with van der Waals surface area (Å²) in [5, 5.41) is 4.01. The molecule has 144 valence electrons. The van der Waals surface area contributed by atoms with Crippen molar-refractivity contribution in [1.29, 1.82) is 0 Å². The molecular weight excluding hydrogens is 354 g/mol. The zero-order chi connectivity index (χ0) is 19.7. The molecule has 1 saturated heterocycles. The number of likely N-dealkylation sites (tertiary alicyclic amines) is 1. The Morgan fingerprint density at radius 2 is 1.96 bits per heavy atom. The third-order valence-electron chi connectivity index (χ3n) is 5.24. The molecule has 1 atom stereocenters. The summed E-state index contributed by atoms with van der Waals surface area (Å²) in [5.41, 5.74) is 5.06. The van der Waals surface area contributed by atoms with Crippen molar-refractivity contribution >= 4 is 5.91 Å². The molecule has 1 aliphatic heterocycles. The molecule has 3 aromatic heterocycles. The van der Waals surface area contributed by atoms with E-state index in [-0.39, 0.29) is 11.8 Å². The first-order chi connectivity index (χ1) is 13.5. The summed E-state index contributed by atoms with van der Waals surface area (Å²) in [4.78, 5) is 27.7. The molecule has 0 radical (unpaired) electrons. The van der Waals surface area contributed by atoms with E-state index in [4.69, 9.17) is 4.52 Å². The summed E-state index contributed by atoms with van der Waals surface area (Å²) in [6, 6.07) is 4.10. The first-order valence-electron chi connectivity index (χ1n) is 9.50. The van der Waals surface area contributed by atoms with Crippen molar-refractivity contribution in [3.63, 3.8) is 0 Å². The van der Waals surface area contributed by atoms with E-state index in [1.165, 1.54) is 0 Å². The van der Waals surface area contributed by atoms with Gasteiger partial charge in [0.25, 0.3) is 5.91 Å². The van der Waals surface area contributed by atoms with Gasteiger partial charge < -0.3 is 9.42 Å². The minimum absolute atomic E-state index is 0.0652. The van der Waals surface area contributed by atoms with Crippen molar-refractivity contribution in [2.45, 2.75) is 39.5 Å². The third-order valence-corrected chi connectivity index (χ3v) is 5.24. The van der Waals surface area contributed by atoms with Crippen LogP contribution in [0.15, 0.2) is 35.2 Å². The predicted molar refractivity (Wildman–Crippen MR) is 104 cm³/mol. The molecule has 7 heteroatoms. The minimum Gasteiger partial charge on any atom is -0.361 e. The molecule has 1 unspecified atom stereocenters. The molecule has 0 aromatic carbocycles. The number of aryl methyl sites for hydroxylation is 3. The Balaban J connectivity index is 1.50. The van der Waals surface area contributed by atoms with Crippen LogP contribution in [0.1, 0.15) is 52.1 Å². The minimum atomic E-state index is -0.0652. The fourth-order valence-corrected chi connectivity index (χ4v) is 3.76. The van der Waals surface area contributed by atoms with Crippen LogP contribution in [0.3, 0.4) is 0 Å². The van der Waals surface area contributed by atoms with E-state index in [2.05, 4.69) is 26.2 Å². The second kappa shape index (κ2) is 7.50. The van der Waals surface area contributed by atoms with E-state index < -0.39 is 0 Å². The van der Waals surface area contributed by atoms with E-state index in [0.717, 1.165) is 53.4 Å². The number of nitrogens with zero attached hydrogens (tertiary/aromatic N) is 5. The molecule has 1 amide bonds. The third kappa shape index (κ3) is 3.52. The summed E-state index contributed by atoms with van der Waals surface area (Å²) < 4.78 is 5.25. The summed E-state index contributed by atoms with van der Waals surface area (Å²) in [6.07, 6.45) is 7.01. The molecule has 1 fully saturated rings. The second-order valence-electron chi connectivity index (χ2n) is 7.30. The Kier molecular flexibility index (Phi) is 4.90. The Morgan fingerprint density at radius 1 is 1.11 bits per heavy atom. The SMILES string of the molecule is Cc1cnc(C(=O)N2CCCC(c3ccc(-c4c(C)noc4C)cn3)C2)cn1. The Hall–Kier alpha value is -3.09. The van der Waals surface area contributed by atoms with Gasteiger partial charge in [0.1, 0.15) is 11.5 Å². The molecular formula is C21H23N5O2. The van der Waals surface area contributed by atoms with E-state index in [1.807, 2.05) is 37.9 Å². The number of aromatic nitrogens is 4. The number of carbonyl (C=O) groups excluding carboxylic acids is 1. The van der Waals surface area contributed by atoms with Crippen LogP contribution in [0, 0.1) is 20.8 Å². The zero-order valence-electron chi connectivity index (χ0n) is 16.3. The molecule has 3 aromatic rings. The first kappa shape index (κ1) is 18.3. The highest BCUT2D eigenvalue weighted by molar-refractivity contribution is 5.92. The largest absolute Gasteiger partial charge is 0.361 e. The summed E-state index contributed by atoms with van der Waals surface area (Å²) in [6.45, 7) is 7.07. The van der Waals surface area contributed by atoms with E-state index in [9.17, 15) is 4.79 Å². The number of carbonyl (C=O) groups is 1. The number of piperidine rings is 1. The highest BCUT2D eigenvalue weighted by Gasteiger charge is 2.27. The maximum atomic E-state index is 12.8. The van der Waals surface area contributed by atoms with Crippen molar-refractivity contribution in [3.8, 4) is 11.1 Å². The van der Waals surface area contributed by atoms with Gasteiger partial charge in [0, 0.05) is 48.2 Å². The predicted octanol–water partition coefficient (Wildman–Crippen LogP) is 3.47. The lowest BCUT2D eigenvalue weighted by atomic mass is 9.93. The lowest BCUT2D eigenvalue weighted by Crippen LogP contribution is -2.39. The van der Waals surface area contributed by atoms with Gasteiger partial charge in [0.2, 0.25) is 0 Å². The average molecular weight is 377 g/mol. The fraction of sp³-hybridized carbons (Fsp3) is 0.381. The Bertz CT molecular complexity index is 960. The van der Waals surface area contributed by atoms with Crippen LogP contribution in [0.5, 0.6) is 0 Å². The quantitative estimate of drug-likeness (QED) is 0.695. The molecule has 4 rings (SSSR count). The van der Waals surface area contributed by atoms with Gasteiger partial charge in [-0.05, 0) is 39.7 Å². The van der Waals surface area contributed by atoms with Crippen LogP contribution in [0.4, 0.5) is 0 Å². The monoisotopic (exact) mass is 377 g/mol. The van der Waals surface area contributed by atoms with Gasteiger partial charge in [-0.25, -0.2) is 4.98 Å². The van der Waals surface area contributed by atoms with Gasteiger partial charge in [-0.2, -0.15) is 0 Å². The zero-order valence-corrected chi connectivity index (χ0v) is 16.3. The molecule has 4 heterocycles. The molecule has 28 heavy (non-hydrogen) atoms. The average Bonchev–Trinajstić information content (AvgIpc) is 3.06. The van der Waals surface area contributed by atoms with Crippen LogP contribution < -0.4 is 0 Å². The number of rotatable bonds is 3. The lowest BCUT2D eigenvalue weighted by molar-refractivity contribution is 0.0699. The van der Waals surface area contributed by atoms with Crippen LogP contribution >= 0.6 is 0 Å². The van der Waals surface area contributed by atoms with Gasteiger partial charge in [-0.3, -0.25) is 14.8 Å². The summed E-state index contributed by atoms with van der Waals surface area (Å²) in [5.74, 6) is 0.945. The normalized spacial score (nSPS) is 17.0. The summed E-state index contributed by atoms with van der Waals surface area (Å²) >= 11 is 0. The van der Waals surface area contributed by atoms with Crippen LogP contribution in [0.2, 0.25) is 0 Å². The van der Waals surface area contributed by atoms with Gasteiger partial charge in [0.15, 0.2) is 0 Å². The topological polar surface area (TPSA) is 85.0 Å². The van der Waals surface area contributed by atoms with Crippen molar-refractivity contribution in [2.75, 3.05) is 13.1 Å². The lowest BCUT2D eigenvalue weighted by Gasteiger charge is -2.32. The molecule has 0 saturated carbocycles. The van der Waals surface area contributed by atoms with Gasteiger partial charge in [-0.15, -0.1) is 0 Å². The van der Waals surface area contributed by atoms with Gasteiger partial charge >= 0.3 is 0 Å². The smallest absolute Gasteiger partial charge is 0.274 e. The Morgan fingerprint density at radius 3 is 2.61 bits per heavy atom.